The number of nitrogens with zero attached hydrogens (tertiary/aromatic N) is 1. The average Bonchev–Trinajstić information content (AvgIpc) is 2.55. The number of rotatable bonds is 3. The van der Waals surface area contributed by atoms with Crippen LogP contribution in [-0.4, -0.2) is 23.9 Å². The van der Waals surface area contributed by atoms with Crippen LogP contribution in [0.2, 0.25) is 5.02 Å². The van der Waals surface area contributed by atoms with Gasteiger partial charge in [0, 0.05) is 34.1 Å². The fourth-order valence-electron chi connectivity index (χ4n) is 2.96. The minimum Gasteiger partial charge on any atom is -0.481 e. The van der Waals surface area contributed by atoms with Crippen molar-refractivity contribution >= 4 is 39.3 Å². The van der Waals surface area contributed by atoms with E-state index in [0.717, 1.165) is 10.0 Å². The van der Waals surface area contributed by atoms with Crippen LogP contribution in [0.3, 0.4) is 0 Å². The molecule has 0 radical (unpaired) electrons. The third-order valence-electron chi connectivity index (χ3n) is 4.05. The molecule has 2 atom stereocenters. The fourth-order valence-corrected chi connectivity index (χ4v) is 3.75. The summed E-state index contributed by atoms with van der Waals surface area (Å²) in [6.07, 6.45) is 1.79. The molecule has 1 aliphatic rings. The SMILES string of the molecule is COc1cc([C@H]2CC(=O)NC(=O)[C@@H]2c2ccc(Br)cc2Cl)ccn1. The number of benzene rings is 1. The third-order valence-corrected chi connectivity index (χ3v) is 4.87. The number of aromatic nitrogens is 1. The highest BCUT2D eigenvalue weighted by molar-refractivity contribution is 9.10. The molecule has 24 heavy (non-hydrogen) atoms. The van der Waals surface area contributed by atoms with Crippen molar-refractivity contribution in [1.29, 1.82) is 0 Å². The van der Waals surface area contributed by atoms with Gasteiger partial charge in [0.25, 0.3) is 0 Å². The lowest BCUT2D eigenvalue weighted by atomic mass is 9.77. The van der Waals surface area contributed by atoms with Crippen LogP contribution in [0.15, 0.2) is 41.0 Å². The first kappa shape index (κ1) is 16.9. The van der Waals surface area contributed by atoms with E-state index in [1.807, 2.05) is 6.07 Å². The number of nitrogens with one attached hydrogen (secondary N) is 1. The number of hydrogen-bond acceptors (Lipinski definition) is 4. The average molecular weight is 410 g/mol. The molecule has 5 nitrogen and oxygen atoms in total. The van der Waals surface area contributed by atoms with E-state index < -0.39 is 5.92 Å². The highest BCUT2D eigenvalue weighted by Gasteiger charge is 2.39. The molecule has 1 saturated heterocycles. The van der Waals surface area contributed by atoms with Gasteiger partial charge < -0.3 is 4.74 Å². The van der Waals surface area contributed by atoms with E-state index in [0.29, 0.717) is 16.5 Å². The van der Waals surface area contributed by atoms with Gasteiger partial charge in [0.1, 0.15) is 0 Å². The molecule has 2 aromatic rings. The molecular formula is C17H14BrClN2O3. The van der Waals surface area contributed by atoms with Gasteiger partial charge in [-0.05, 0) is 29.3 Å². The normalized spacial score (nSPS) is 20.6. The molecular weight excluding hydrogens is 396 g/mol. The van der Waals surface area contributed by atoms with E-state index in [-0.39, 0.29) is 24.2 Å². The molecule has 124 valence electrons. The minimum atomic E-state index is -0.560. The number of piperidine rings is 1. The second-order valence-corrected chi connectivity index (χ2v) is 6.82. The summed E-state index contributed by atoms with van der Waals surface area (Å²) in [5.74, 6) is -1.11. The molecule has 2 heterocycles. The lowest BCUT2D eigenvalue weighted by molar-refractivity contribution is -0.135. The van der Waals surface area contributed by atoms with Crippen LogP contribution in [-0.2, 0) is 9.59 Å². The molecule has 2 amide bonds. The maximum Gasteiger partial charge on any atom is 0.234 e. The molecule has 1 fully saturated rings. The number of carbonyl (C=O) groups is 2. The molecule has 0 bridgehead atoms. The van der Waals surface area contributed by atoms with E-state index in [9.17, 15) is 9.59 Å². The molecule has 0 unspecified atom stereocenters. The predicted molar refractivity (Wildman–Crippen MR) is 93.2 cm³/mol. The Morgan fingerprint density at radius 2 is 2.08 bits per heavy atom. The van der Waals surface area contributed by atoms with E-state index in [1.165, 1.54) is 7.11 Å². The van der Waals surface area contributed by atoms with E-state index in [1.54, 1.807) is 30.5 Å². The van der Waals surface area contributed by atoms with E-state index >= 15 is 0 Å². The smallest absolute Gasteiger partial charge is 0.234 e. The number of imide groups is 1. The van der Waals surface area contributed by atoms with Gasteiger partial charge >= 0.3 is 0 Å². The summed E-state index contributed by atoms with van der Waals surface area (Å²) in [5.41, 5.74) is 1.50. The Morgan fingerprint density at radius 3 is 2.79 bits per heavy atom. The quantitative estimate of drug-likeness (QED) is 0.789. The van der Waals surface area contributed by atoms with Crippen molar-refractivity contribution in [2.75, 3.05) is 7.11 Å². The van der Waals surface area contributed by atoms with Gasteiger partial charge in [-0.3, -0.25) is 14.9 Å². The van der Waals surface area contributed by atoms with Gasteiger partial charge in [0.2, 0.25) is 17.7 Å². The first-order valence-electron chi connectivity index (χ1n) is 7.28. The van der Waals surface area contributed by atoms with Crippen LogP contribution in [0.5, 0.6) is 5.88 Å². The van der Waals surface area contributed by atoms with Crippen LogP contribution >= 0.6 is 27.5 Å². The van der Waals surface area contributed by atoms with Crippen LogP contribution in [0.1, 0.15) is 29.4 Å². The lowest BCUT2D eigenvalue weighted by Gasteiger charge is -2.31. The molecule has 1 N–H and O–H groups in total. The molecule has 1 aromatic heterocycles. The van der Waals surface area contributed by atoms with Crippen molar-refractivity contribution in [3.8, 4) is 5.88 Å². The summed E-state index contributed by atoms with van der Waals surface area (Å²) in [6.45, 7) is 0. The zero-order valence-electron chi connectivity index (χ0n) is 12.8. The molecule has 3 rings (SSSR count). The summed E-state index contributed by atoms with van der Waals surface area (Å²) in [7, 11) is 1.52. The molecule has 7 heteroatoms. The minimum absolute atomic E-state index is 0.190. The fraction of sp³-hybridized carbons (Fsp3) is 0.235. The summed E-state index contributed by atoms with van der Waals surface area (Å²) >= 11 is 9.70. The maximum atomic E-state index is 12.5. The van der Waals surface area contributed by atoms with Gasteiger partial charge in [-0.2, -0.15) is 0 Å². The molecule has 1 aromatic carbocycles. The number of ether oxygens (including phenoxy) is 1. The number of methoxy groups -OCH3 is 1. The lowest BCUT2D eigenvalue weighted by Crippen LogP contribution is -2.43. The molecule has 1 aliphatic heterocycles. The Hall–Kier alpha value is -1.92. The molecule has 0 spiro atoms. The van der Waals surface area contributed by atoms with E-state index in [2.05, 4.69) is 26.2 Å². The van der Waals surface area contributed by atoms with Crippen molar-refractivity contribution in [3.05, 3.63) is 57.2 Å². The number of halogens is 2. The zero-order chi connectivity index (χ0) is 17.3. The largest absolute Gasteiger partial charge is 0.481 e. The Labute approximate surface area is 152 Å². The number of hydrogen-bond donors (Lipinski definition) is 1. The number of pyridine rings is 1. The second-order valence-electron chi connectivity index (χ2n) is 5.50. The van der Waals surface area contributed by atoms with Crippen molar-refractivity contribution in [3.63, 3.8) is 0 Å². The molecule has 0 saturated carbocycles. The highest BCUT2D eigenvalue weighted by Crippen LogP contribution is 2.41. The van der Waals surface area contributed by atoms with Gasteiger partial charge in [-0.1, -0.05) is 33.6 Å². The van der Waals surface area contributed by atoms with Gasteiger partial charge in [0.15, 0.2) is 0 Å². The Morgan fingerprint density at radius 1 is 1.29 bits per heavy atom. The topological polar surface area (TPSA) is 68.3 Å². The van der Waals surface area contributed by atoms with Crippen molar-refractivity contribution < 1.29 is 14.3 Å². The van der Waals surface area contributed by atoms with Gasteiger partial charge in [-0.25, -0.2) is 4.98 Å². The van der Waals surface area contributed by atoms with Crippen molar-refractivity contribution in [1.82, 2.24) is 10.3 Å². The maximum absolute atomic E-state index is 12.5. The van der Waals surface area contributed by atoms with Crippen LogP contribution in [0.4, 0.5) is 0 Å². The first-order valence-corrected chi connectivity index (χ1v) is 8.45. The monoisotopic (exact) mass is 408 g/mol. The third kappa shape index (κ3) is 3.30. The first-order chi connectivity index (χ1) is 11.5. The summed E-state index contributed by atoms with van der Waals surface area (Å²) < 4.78 is 5.98. The Kier molecular flexibility index (Phi) is 4.87. The summed E-state index contributed by atoms with van der Waals surface area (Å²) in [6, 6.07) is 8.91. The van der Waals surface area contributed by atoms with Gasteiger partial charge in [-0.15, -0.1) is 0 Å². The standard InChI is InChI=1S/C17H14BrClN2O3/c1-24-15-6-9(4-5-20-15)12-8-14(22)21-17(23)16(12)11-3-2-10(18)7-13(11)19/h2-7,12,16H,8H2,1H3,(H,21,22,23)/t12-,16-/m1/s1. The summed E-state index contributed by atoms with van der Waals surface area (Å²) in [4.78, 5) is 28.5. The van der Waals surface area contributed by atoms with Crippen molar-refractivity contribution in [2.24, 2.45) is 0 Å². The Balaban J connectivity index is 2.08. The number of carbonyl (C=O) groups excluding carboxylic acids is 2. The van der Waals surface area contributed by atoms with Gasteiger partial charge in [0.05, 0.1) is 13.0 Å². The Bertz CT molecular complexity index is 812. The van der Waals surface area contributed by atoms with Crippen LogP contribution < -0.4 is 10.1 Å². The zero-order valence-corrected chi connectivity index (χ0v) is 15.1. The van der Waals surface area contributed by atoms with Crippen molar-refractivity contribution in [2.45, 2.75) is 18.3 Å². The highest BCUT2D eigenvalue weighted by atomic mass is 79.9. The summed E-state index contributed by atoms with van der Waals surface area (Å²) in [5, 5.41) is 2.88. The second kappa shape index (κ2) is 6.91. The van der Waals surface area contributed by atoms with Crippen LogP contribution in [0.25, 0.3) is 0 Å². The molecule has 0 aliphatic carbocycles. The van der Waals surface area contributed by atoms with E-state index in [4.69, 9.17) is 16.3 Å². The van der Waals surface area contributed by atoms with Crippen LogP contribution in [0, 0.1) is 0 Å². The number of amides is 2. The predicted octanol–water partition coefficient (Wildman–Crippen LogP) is 3.42.